The highest BCUT2D eigenvalue weighted by atomic mass is 32.2. The van der Waals surface area contributed by atoms with E-state index in [4.69, 9.17) is 16.6 Å². The molecule has 2 aliphatic rings. The number of nitrogens with zero attached hydrogens (tertiary/aromatic N) is 2. The molecule has 1 aliphatic heterocycles. The number of allylic oxidation sites excluding steroid dienone is 1. The van der Waals surface area contributed by atoms with Gasteiger partial charge in [0.05, 0.1) is 17.9 Å². The first kappa shape index (κ1) is 23.8. The van der Waals surface area contributed by atoms with Gasteiger partial charge in [-0.2, -0.15) is 5.10 Å². The van der Waals surface area contributed by atoms with Gasteiger partial charge in [-0.15, -0.1) is 11.8 Å². The maximum absolute atomic E-state index is 12.8. The molecule has 3 aromatic carbocycles. The maximum Gasteiger partial charge on any atom is 0.255 e. The fourth-order valence-corrected chi connectivity index (χ4v) is 4.96. The first-order chi connectivity index (χ1) is 17.5. The third-order valence-corrected chi connectivity index (χ3v) is 7.21. The van der Waals surface area contributed by atoms with Gasteiger partial charge >= 0.3 is 0 Å². The molecule has 0 bridgehead atoms. The number of hydrazone groups is 1. The first-order valence-electron chi connectivity index (χ1n) is 11.7. The lowest BCUT2D eigenvalue weighted by Gasteiger charge is -2.34. The van der Waals surface area contributed by atoms with Crippen LogP contribution >= 0.6 is 11.8 Å². The second-order valence-electron chi connectivity index (χ2n) is 8.76. The molecule has 8 heteroatoms. The number of amides is 1. The van der Waals surface area contributed by atoms with E-state index in [2.05, 4.69) is 11.4 Å². The molecule has 5 N–H and O–H groups in total. The van der Waals surface area contributed by atoms with Crippen LogP contribution in [0.1, 0.15) is 34.3 Å². The molecule has 7 nitrogen and oxygen atoms in total. The topological polar surface area (TPSA) is 114 Å². The number of nitrogens with two attached hydrogens (primary N) is 2. The van der Waals surface area contributed by atoms with Crippen molar-refractivity contribution in [1.82, 2.24) is 0 Å². The van der Waals surface area contributed by atoms with Crippen molar-refractivity contribution in [3.05, 3.63) is 89.0 Å². The molecule has 1 heterocycles. The zero-order chi connectivity index (χ0) is 25.2. The highest BCUT2D eigenvalue weighted by Gasteiger charge is 2.31. The summed E-state index contributed by atoms with van der Waals surface area (Å²) in [4.78, 5) is 26.5. The van der Waals surface area contributed by atoms with Crippen molar-refractivity contribution in [1.29, 1.82) is 0 Å². The Labute approximate surface area is 214 Å². The summed E-state index contributed by atoms with van der Waals surface area (Å²) in [5.41, 5.74) is 18.9. The predicted molar refractivity (Wildman–Crippen MR) is 147 cm³/mol. The van der Waals surface area contributed by atoms with Crippen molar-refractivity contribution in [3.63, 3.8) is 0 Å². The predicted octanol–water partition coefficient (Wildman–Crippen LogP) is 4.69. The molecule has 5 rings (SSSR count). The number of anilines is 3. The molecule has 1 aliphatic carbocycles. The van der Waals surface area contributed by atoms with E-state index in [0.717, 1.165) is 40.3 Å². The number of hydrogen-bond donors (Lipinski definition) is 3. The number of benzene rings is 3. The van der Waals surface area contributed by atoms with Gasteiger partial charge in [-0.05, 0) is 90.9 Å². The highest BCUT2D eigenvalue weighted by molar-refractivity contribution is 7.98. The van der Waals surface area contributed by atoms with Crippen LogP contribution in [0.15, 0.2) is 82.3 Å². The van der Waals surface area contributed by atoms with Crippen LogP contribution in [0.25, 0.3) is 5.70 Å². The Balaban J connectivity index is 1.53. The van der Waals surface area contributed by atoms with E-state index >= 15 is 0 Å². The Bertz CT molecular complexity index is 1390. The SMILES string of the molecule is CSc1ccc(N2N=C(C(=O)CN)CC3=C2c2cc(NC(=O)c4ccc(N)cc4)ccc2CC3)cc1. The second kappa shape index (κ2) is 10.0. The lowest BCUT2D eigenvalue weighted by atomic mass is 9.85. The Morgan fingerprint density at radius 2 is 1.78 bits per heavy atom. The number of carbonyl (C=O) groups excluding carboxylic acids is 2. The normalized spacial score (nSPS) is 14.6. The second-order valence-corrected chi connectivity index (χ2v) is 9.64. The minimum atomic E-state index is -0.207. The van der Waals surface area contributed by atoms with E-state index in [-0.39, 0.29) is 18.2 Å². The Kier molecular flexibility index (Phi) is 6.63. The Morgan fingerprint density at radius 3 is 2.47 bits per heavy atom. The summed E-state index contributed by atoms with van der Waals surface area (Å²) in [5.74, 6) is -0.357. The molecule has 0 fully saturated rings. The third kappa shape index (κ3) is 4.65. The van der Waals surface area contributed by atoms with Crippen LogP contribution in [-0.2, 0) is 11.2 Å². The summed E-state index contributed by atoms with van der Waals surface area (Å²) in [6.45, 7) is -0.0708. The van der Waals surface area contributed by atoms with Crippen molar-refractivity contribution in [2.75, 3.05) is 28.9 Å². The van der Waals surface area contributed by atoms with Crippen molar-refractivity contribution in [3.8, 4) is 0 Å². The van der Waals surface area contributed by atoms with Gasteiger partial charge in [-0.25, -0.2) is 5.01 Å². The molecule has 0 atom stereocenters. The Hall–Kier alpha value is -3.88. The lowest BCUT2D eigenvalue weighted by molar-refractivity contribution is -0.111. The average Bonchev–Trinajstić information content (AvgIpc) is 2.92. The van der Waals surface area contributed by atoms with E-state index in [1.54, 1.807) is 36.0 Å². The van der Waals surface area contributed by atoms with Gasteiger partial charge in [-0.1, -0.05) is 6.07 Å². The molecule has 0 saturated carbocycles. The summed E-state index contributed by atoms with van der Waals surface area (Å²) >= 11 is 1.67. The third-order valence-electron chi connectivity index (χ3n) is 6.46. The zero-order valence-electron chi connectivity index (χ0n) is 20.0. The zero-order valence-corrected chi connectivity index (χ0v) is 20.8. The number of aryl methyl sites for hydroxylation is 1. The Morgan fingerprint density at radius 1 is 1.03 bits per heavy atom. The number of carbonyl (C=O) groups is 2. The summed E-state index contributed by atoms with van der Waals surface area (Å²) in [6, 6.07) is 20.9. The molecule has 0 radical (unpaired) electrons. The summed E-state index contributed by atoms with van der Waals surface area (Å²) in [7, 11) is 0. The van der Waals surface area contributed by atoms with Crippen molar-refractivity contribution in [2.24, 2.45) is 10.8 Å². The molecule has 0 unspecified atom stereocenters. The van der Waals surface area contributed by atoms with Gasteiger partial charge < -0.3 is 16.8 Å². The van der Waals surface area contributed by atoms with E-state index in [9.17, 15) is 9.59 Å². The van der Waals surface area contributed by atoms with Crippen LogP contribution in [-0.4, -0.2) is 30.2 Å². The first-order valence-corrected chi connectivity index (χ1v) is 13.0. The van der Waals surface area contributed by atoms with E-state index in [0.29, 0.717) is 29.1 Å². The molecule has 1 amide bonds. The van der Waals surface area contributed by atoms with Gasteiger partial charge in [0.1, 0.15) is 5.71 Å². The molecule has 0 saturated heterocycles. The van der Waals surface area contributed by atoms with Crippen LogP contribution < -0.4 is 21.8 Å². The minimum Gasteiger partial charge on any atom is -0.399 e. The van der Waals surface area contributed by atoms with Crippen LogP contribution in [0, 0.1) is 0 Å². The molecule has 36 heavy (non-hydrogen) atoms. The monoisotopic (exact) mass is 497 g/mol. The molecule has 0 spiro atoms. The number of hydrogen-bond acceptors (Lipinski definition) is 7. The lowest BCUT2D eigenvalue weighted by Crippen LogP contribution is -2.33. The molecule has 3 aromatic rings. The minimum absolute atomic E-state index is 0.0708. The number of ketones is 1. The number of thioether (sulfide) groups is 1. The van der Waals surface area contributed by atoms with Gasteiger partial charge in [0.15, 0.2) is 5.78 Å². The van der Waals surface area contributed by atoms with Gasteiger partial charge in [0.25, 0.3) is 5.91 Å². The van der Waals surface area contributed by atoms with Gasteiger partial charge in [0.2, 0.25) is 0 Å². The molecular weight excluding hydrogens is 470 g/mol. The standard InChI is InChI=1S/C28H27N5O2S/c1-36-23-12-10-22(11-13-23)33-27-19(14-25(32-33)26(34)16-29)3-2-17-6-9-21(15-24(17)27)31-28(35)18-4-7-20(30)8-5-18/h4-13,15H,2-3,14,16,29-30H2,1H3,(H,31,35). The number of rotatable bonds is 6. The van der Waals surface area contributed by atoms with Crippen molar-refractivity contribution < 1.29 is 9.59 Å². The fourth-order valence-electron chi connectivity index (χ4n) is 4.55. The number of nitrogen functional groups attached to an aromatic ring is 1. The quantitative estimate of drug-likeness (QED) is 0.336. The molecule has 182 valence electrons. The van der Waals surface area contributed by atoms with Gasteiger partial charge in [0, 0.05) is 33.8 Å². The highest BCUT2D eigenvalue weighted by Crippen LogP contribution is 2.42. The van der Waals surface area contributed by atoms with Gasteiger partial charge in [-0.3, -0.25) is 9.59 Å². The van der Waals surface area contributed by atoms with Crippen LogP contribution in [0.2, 0.25) is 0 Å². The number of Topliss-reactive ketones (excluding diaryl/α,β-unsaturated/α-hetero) is 1. The van der Waals surface area contributed by atoms with Crippen molar-refractivity contribution in [2.45, 2.75) is 24.2 Å². The molecule has 0 aromatic heterocycles. The number of nitrogens with one attached hydrogen (secondary N) is 1. The smallest absolute Gasteiger partial charge is 0.255 e. The summed E-state index contributed by atoms with van der Waals surface area (Å²) < 4.78 is 0. The largest absolute Gasteiger partial charge is 0.399 e. The van der Waals surface area contributed by atoms with Crippen molar-refractivity contribution >= 4 is 51.9 Å². The number of fused-ring (bicyclic) bond motifs is 2. The van der Waals surface area contributed by atoms with E-state index in [1.807, 2.05) is 47.7 Å². The van der Waals surface area contributed by atoms with Crippen LogP contribution in [0.4, 0.5) is 17.1 Å². The maximum atomic E-state index is 12.8. The average molecular weight is 498 g/mol. The molecular formula is C28H27N5O2S. The van der Waals surface area contributed by atoms with Crippen LogP contribution in [0.5, 0.6) is 0 Å². The van der Waals surface area contributed by atoms with E-state index in [1.165, 1.54) is 5.56 Å². The fraction of sp³-hybridized carbons (Fsp3) is 0.179. The van der Waals surface area contributed by atoms with E-state index < -0.39 is 0 Å². The van der Waals surface area contributed by atoms with Crippen LogP contribution in [0.3, 0.4) is 0 Å². The summed E-state index contributed by atoms with van der Waals surface area (Å²) in [6.07, 6.45) is 4.19. The summed E-state index contributed by atoms with van der Waals surface area (Å²) in [5, 5.41) is 9.62.